The van der Waals surface area contributed by atoms with Crippen LogP contribution in [0.4, 0.5) is 5.69 Å². The maximum Gasteiger partial charge on any atom is 0.273 e. The predicted molar refractivity (Wildman–Crippen MR) is 88.8 cm³/mol. The molecule has 0 aromatic heterocycles. The van der Waals surface area contributed by atoms with E-state index in [2.05, 4.69) is 0 Å². The first kappa shape index (κ1) is 16.2. The summed E-state index contributed by atoms with van der Waals surface area (Å²) in [6.07, 6.45) is 0. The van der Waals surface area contributed by atoms with Crippen molar-refractivity contribution in [2.45, 2.75) is 25.7 Å². The third-order valence-electron chi connectivity index (χ3n) is 3.58. The van der Waals surface area contributed by atoms with Gasteiger partial charge in [-0.2, -0.15) is 0 Å². The largest absolute Gasteiger partial charge is 0.293 e. The zero-order valence-electron chi connectivity index (χ0n) is 12.8. The van der Waals surface area contributed by atoms with Crippen molar-refractivity contribution in [3.8, 4) is 0 Å². The number of Topliss-reactive ketones (excluding diaryl/α,β-unsaturated/α-hetero) is 1. The Kier molecular flexibility index (Phi) is 4.98. The number of carbonyl (C=O) groups is 1. The summed E-state index contributed by atoms with van der Waals surface area (Å²) in [5, 5.41) is 10.9. The van der Waals surface area contributed by atoms with Crippen LogP contribution in [0.25, 0.3) is 0 Å². The highest BCUT2D eigenvalue weighted by atomic mass is 32.2. The van der Waals surface area contributed by atoms with Gasteiger partial charge in [0.2, 0.25) is 0 Å². The quantitative estimate of drug-likeness (QED) is 0.353. The van der Waals surface area contributed by atoms with E-state index in [1.54, 1.807) is 19.1 Å². The topological polar surface area (TPSA) is 60.2 Å². The van der Waals surface area contributed by atoms with E-state index in [-0.39, 0.29) is 17.2 Å². The highest BCUT2D eigenvalue weighted by molar-refractivity contribution is 8.00. The first-order valence-corrected chi connectivity index (χ1v) is 7.85. The van der Waals surface area contributed by atoms with E-state index >= 15 is 0 Å². The van der Waals surface area contributed by atoms with Gasteiger partial charge in [0.1, 0.15) is 0 Å². The van der Waals surface area contributed by atoms with Gasteiger partial charge in [0.15, 0.2) is 5.78 Å². The Morgan fingerprint density at radius 1 is 1.05 bits per heavy atom. The second kappa shape index (κ2) is 6.75. The fraction of sp³-hybridized carbons (Fsp3) is 0.235. The minimum absolute atomic E-state index is 0.0120. The van der Waals surface area contributed by atoms with Gasteiger partial charge in [0.05, 0.1) is 10.7 Å². The summed E-state index contributed by atoms with van der Waals surface area (Å²) in [7, 11) is 0. The molecule has 0 amide bonds. The summed E-state index contributed by atoms with van der Waals surface area (Å²) >= 11 is 1.45. The predicted octanol–water partition coefficient (Wildman–Crippen LogP) is 4.50. The van der Waals surface area contributed by atoms with Crippen LogP contribution in [-0.2, 0) is 0 Å². The molecule has 0 atom stereocenters. The Labute approximate surface area is 133 Å². The summed E-state index contributed by atoms with van der Waals surface area (Å²) in [5.41, 5.74) is 3.33. The lowest BCUT2D eigenvalue weighted by Crippen LogP contribution is -2.04. The lowest BCUT2D eigenvalue weighted by Gasteiger charge is -2.05. The molecule has 0 aliphatic carbocycles. The Bertz CT molecular complexity index is 741. The lowest BCUT2D eigenvalue weighted by molar-refractivity contribution is -0.385. The fourth-order valence-corrected chi connectivity index (χ4v) is 2.90. The molecular formula is C17H17NO3S. The molecule has 0 radical (unpaired) electrons. The van der Waals surface area contributed by atoms with Crippen molar-refractivity contribution in [3.05, 3.63) is 68.8 Å². The Morgan fingerprint density at radius 3 is 2.36 bits per heavy atom. The Hall–Kier alpha value is -2.14. The molecule has 4 nitrogen and oxygen atoms in total. The highest BCUT2D eigenvalue weighted by Crippen LogP contribution is 2.24. The van der Waals surface area contributed by atoms with Crippen molar-refractivity contribution in [2.24, 2.45) is 0 Å². The molecule has 2 aromatic carbocycles. The van der Waals surface area contributed by atoms with E-state index in [1.165, 1.54) is 29.0 Å². The van der Waals surface area contributed by atoms with Crippen LogP contribution in [0.5, 0.6) is 0 Å². The van der Waals surface area contributed by atoms with E-state index < -0.39 is 4.92 Å². The van der Waals surface area contributed by atoms with Gasteiger partial charge in [-0.15, -0.1) is 11.8 Å². The summed E-state index contributed by atoms with van der Waals surface area (Å²) in [6, 6.07) is 10.7. The number of carbonyl (C=O) groups excluding carboxylic acids is 1. The monoisotopic (exact) mass is 315 g/mol. The number of nitro groups is 1. The van der Waals surface area contributed by atoms with Crippen LogP contribution in [0.15, 0.2) is 41.3 Å². The summed E-state index contributed by atoms with van der Waals surface area (Å²) in [4.78, 5) is 23.7. The van der Waals surface area contributed by atoms with Gasteiger partial charge in [-0.1, -0.05) is 18.2 Å². The molecule has 0 aliphatic heterocycles. The zero-order chi connectivity index (χ0) is 16.3. The first-order chi connectivity index (χ1) is 10.4. The normalized spacial score (nSPS) is 10.5. The van der Waals surface area contributed by atoms with Crippen molar-refractivity contribution < 1.29 is 9.72 Å². The third-order valence-corrected chi connectivity index (χ3v) is 4.57. The molecule has 2 aromatic rings. The Balaban J connectivity index is 2.10. The minimum Gasteiger partial charge on any atom is -0.293 e. The minimum atomic E-state index is -0.456. The average molecular weight is 315 g/mol. The number of nitro benzene ring substituents is 1. The van der Waals surface area contributed by atoms with Crippen LogP contribution in [0.3, 0.4) is 0 Å². The van der Waals surface area contributed by atoms with E-state index in [4.69, 9.17) is 0 Å². The van der Waals surface area contributed by atoms with Crippen LogP contribution < -0.4 is 0 Å². The number of thioether (sulfide) groups is 1. The van der Waals surface area contributed by atoms with Gasteiger partial charge in [-0.25, -0.2) is 0 Å². The lowest BCUT2D eigenvalue weighted by atomic mass is 10.1. The molecule has 0 spiro atoms. The smallest absolute Gasteiger partial charge is 0.273 e. The molecule has 0 heterocycles. The summed E-state index contributed by atoms with van der Waals surface area (Å²) < 4.78 is 0. The number of nitrogens with zero attached hydrogens (tertiary/aromatic N) is 1. The molecular weight excluding hydrogens is 298 g/mol. The number of benzene rings is 2. The van der Waals surface area contributed by atoms with Gasteiger partial charge in [0, 0.05) is 22.1 Å². The van der Waals surface area contributed by atoms with Gasteiger partial charge in [-0.05, 0) is 44.0 Å². The van der Waals surface area contributed by atoms with Crippen LogP contribution in [0.1, 0.15) is 27.0 Å². The van der Waals surface area contributed by atoms with Crippen LogP contribution >= 0.6 is 11.8 Å². The van der Waals surface area contributed by atoms with Gasteiger partial charge >= 0.3 is 0 Å². The molecule has 5 heteroatoms. The van der Waals surface area contributed by atoms with E-state index in [0.29, 0.717) is 11.1 Å². The van der Waals surface area contributed by atoms with E-state index in [9.17, 15) is 14.9 Å². The van der Waals surface area contributed by atoms with Gasteiger partial charge < -0.3 is 0 Å². The molecule has 0 N–H and O–H groups in total. The molecule has 0 bridgehead atoms. The van der Waals surface area contributed by atoms with Crippen molar-refractivity contribution >= 4 is 23.2 Å². The van der Waals surface area contributed by atoms with Gasteiger partial charge in [-0.3, -0.25) is 14.9 Å². The SMILES string of the molecule is Cc1ccc(SCC(=O)c2ccc(C)c([N+](=O)[O-])c2)cc1C. The number of rotatable bonds is 5. The first-order valence-electron chi connectivity index (χ1n) is 6.87. The molecule has 2 rings (SSSR count). The molecule has 0 aliphatic rings. The third kappa shape index (κ3) is 3.74. The Morgan fingerprint density at radius 2 is 1.73 bits per heavy atom. The van der Waals surface area contributed by atoms with Crippen molar-refractivity contribution in [3.63, 3.8) is 0 Å². The molecule has 114 valence electrons. The second-order valence-corrected chi connectivity index (χ2v) is 6.27. The molecule has 22 heavy (non-hydrogen) atoms. The fourth-order valence-electron chi connectivity index (χ4n) is 2.02. The molecule has 0 saturated carbocycles. The van der Waals surface area contributed by atoms with Crippen LogP contribution in [-0.4, -0.2) is 16.5 Å². The van der Waals surface area contributed by atoms with Gasteiger partial charge in [0.25, 0.3) is 5.69 Å². The molecule has 0 fully saturated rings. The maximum absolute atomic E-state index is 12.2. The summed E-state index contributed by atoms with van der Waals surface area (Å²) in [5.74, 6) is 0.161. The standard InChI is InChI=1S/C17H17NO3S/c1-11-5-7-15(8-13(11)3)22-10-17(19)14-6-4-12(2)16(9-14)18(20)21/h4-9H,10H2,1-3H3. The van der Waals surface area contributed by atoms with Crippen LogP contribution in [0.2, 0.25) is 0 Å². The van der Waals surface area contributed by atoms with E-state index in [1.807, 2.05) is 32.0 Å². The number of aryl methyl sites for hydroxylation is 3. The van der Waals surface area contributed by atoms with Crippen LogP contribution in [0, 0.1) is 30.9 Å². The summed E-state index contributed by atoms with van der Waals surface area (Å²) in [6.45, 7) is 5.74. The number of ketones is 1. The van der Waals surface area contributed by atoms with Crippen molar-refractivity contribution in [1.29, 1.82) is 0 Å². The van der Waals surface area contributed by atoms with Crippen molar-refractivity contribution in [2.75, 3.05) is 5.75 Å². The number of hydrogen-bond acceptors (Lipinski definition) is 4. The zero-order valence-corrected chi connectivity index (χ0v) is 13.6. The molecule has 0 saturated heterocycles. The number of hydrogen-bond donors (Lipinski definition) is 0. The second-order valence-electron chi connectivity index (χ2n) is 5.22. The highest BCUT2D eigenvalue weighted by Gasteiger charge is 2.15. The van der Waals surface area contributed by atoms with E-state index in [0.717, 1.165) is 4.90 Å². The van der Waals surface area contributed by atoms with Crippen molar-refractivity contribution in [1.82, 2.24) is 0 Å². The molecule has 0 unspecified atom stereocenters. The average Bonchev–Trinajstić information content (AvgIpc) is 2.48. The maximum atomic E-state index is 12.2.